The van der Waals surface area contributed by atoms with E-state index in [1.54, 1.807) is 18.3 Å². The van der Waals surface area contributed by atoms with E-state index in [2.05, 4.69) is 5.32 Å². The molecule has 0 aliphatic carbocycles. The van der Waals surface area contributed by atoms with Crippen LogP contribution < -0.4 is 5.32 Å². The van der Waals surface area contributed by atoms with Gasteiger partial charge >= 0.3 is 12.0 Å². The second-order valence-electron chi connectivity index (χ2n) is 4.59. The third kappa shape index (κ3) is 4.55. The molecule has 2 N–H and O–H groups in total. The summed E-state index contributed by atoms with van der Waals surface area (Å²) < 4.78 is 0. The largest absolute Gasteiger partial charge is 0.480 e. The van der Waals surface area contributed by atoms with Crippen molar-refractivity contribution in [1.29, 1.82) is 0 Å². The molecule has 1 aromatic rings. The van der Waals surface area contributed by atoms with Gasteiger partial charge in [0, 0.05) is 11.4 Å². The minimum absolute atomic E-state index is 0.0876. The molecule has 1 unspecified atom stereocenters. The third-order valence-electron chi connectivity index (χ3n) is 2.79. The number of likely N-dealkylation sites (N-methyl/N-ethyl adjacent to an activating group) is 1. The fourth-order valence-electron chi connectivity index (χ4n) is 1.75. The smallest absolute Gasteiger partial charge is 0.323 e. The van der Waals surface area contributed by atoms with Crippen LogP contribution in [-0.4, -0.2) is 35.1 Å². The normalized spacial score (nSPS) is 12.2. The van der Waals surface area contributed by atoms with Crippen LogP contribution in [0.3, 0.4) is 0 Å². The first kappa shape index (κ1) is 15.5. The maximum Gasteiger partial charge on any atom is 0.323 e. The van der Waals surface area contributed by atoms with Crippen LogP contribution in [0.15, 0.2) is 17.5 Å². The fourth-order valence-corrected chi connectivity index (χ4v) is 2.70. The Hall–Kier alpha value is -1.56. The molecule has 5 nitrogen and oxygen atoms in total. The van der Waals surface area contributed by atoms with Crippen LogP contribution in [0, 0.1) is 5.92 Å². The van der Waals surface area contributed by atoms with Crippen LogP contribution in [0.2, 0.25) is 0 Å². The zero-order valence-electron chi connectivity index (χ0n) is 11.4. The molecule has 2 amide bonds. The van der Waals surface area contributed by atoms with Gasteiger partial charge in [0.25, 0.3) is 0 Å². The van der Waals surface area contributed by atoms with Crippen LogP contribution in [0.5, 0.6) is 0 Å². The number of aliphatic carboxylic acids is 1. The van der Waals surface area contributed by atoms with Gasteiger partial charge in [0.05, 0.1) is 6.04 Å². The van der Waals surface area contributed by atoms with E-state index in [1.165, 1.54) is 4.90 Å². The number of urea groups is 1. The highest BCUT2D eigenvalue weighted by molar-refractivity contribution is 7.10. The molecule has 0 aliphatic heterocycles. The monoisotopic (exact) mass is 284 g/mol. The maximum absolute atomic E-state index is 12.1. The first-order valence-electron chi connectivity index (χ1n) is 6.26. The van der Waals surface area contributed by atoms with Gasteiger partial charge in [0.1, 0.15) is 6.54 Å². The number of nitrogens with zero attached hydrogens (tertiary/aromatic N) is 1. The number of carbonyl (C=O) groups is 2. The number of hydrogen-bond acceptors (Lipinski definition) is 3. The molecule has 1 heterocycles. The predicted molar refractivity (Wildman–Crippen MR) is 75.3 cm³/mol. The maximum atomic E-state index is 12.1. The van der Waals surface area contributed by atoms with E-state index >= 15 is 0 Å². The first-order valence-corrected chi connectivity index (χ1v) is 7.14. The van der Waals surface area contributed by atoms with Gasteiger partial charge in [-0.15, -0.1) is 11.3 Å². The van der Waals surface area contributed by atoms with Crippen LogP contribution in [0.1, 0.15) is 31.7 Å². The molecule has 1 rings (SSSR count). The lowest BCUT2D eigenvalue weighted by molar-refractivity contribution is -0.137. The van der Waals surface area contributed by atoms with Crippen molar-refractivity contribution in [1.82, 2.24) is 10.2 Å². The number of nitrogens with one attached hydrogen (secondary N) is 1. The summed E-state index contributed by atoms with van der Waals surface area (Å²) in [7, 11) is 0. The van der Waals surface area contributed by atoms with Gasteiger partial charge in [0.15, 0.2) is 0 Å². The van der Waals surface area contributed by atoms with Crippen molar-refractivity contribution in [3.8, 4) is 0 Å². The van der Waals surface area contributed by atoms with E-state index < -0.39 is 5.97 Å². The lowest BCUT2D eigenvalue weighted by Crippen LogP contribution is -2.44. The van der Waals surface area contributed by atoms with Crippen molar-refractivity contribution < 1.29 is 14.7 Å². The highest BCUT2D eigenvalue weighted by Crippen LogP contribution is 2.25. The average molecular weight is 284 g/mol. The molecule has 0 aromatic carbocycles. The Bertz CT molecular complexity index is 418. The lowest BCUT2D eigenvalue weighted by Gasteiger charge is -2.26. The second kappa shape index (κ2) is 7.13. The van der Waals surface area contributed by atoms with Crippen molar-refractivity contribution in [2.75, 3.05) is 13.1 Å². The Morgan fingerprint density at radius 3 is 2.58 bits per heavy atom. The molecule has 0 spiro atoms. The van der Waals surface area contributed by atoms with Crippen LogP contribution >= 0.6 is 11.3 Å². The Balaban J connectivity index is 2.73. The zero-order chi connectivity index (χ0) is 14.4. The van der Waals surface area contributed by atoms with Crippen LogP contribution in [0.25, 0.3) is 0 Å². The molecule has 0 saturated carbocycles. The van der Waals surface area contributed by atoms with Gasteiger partial charge in [-0.2, -0.15) is 0 Å². The van der Waals surface area contributed by atoms with Crippen molar-refractivity contribution in [2.45, 2.75) is 26.8 Å². The van der Waals surface area contributed by atoms with Gasteiger partial charge in [-0.1, -0.05) is 19.9 Å². The highest BCUT2D eigenvalue weighted by Gasteiger charge is 2.22. The van der Waals surface area contributed by atoms with E-state index in [0.29, 0.717) is 6.54 Å². The SMILES string of the molecule is CCN(CC(=O)O)C(=O)NC(c1cccs1)C(C)C. The van der Waals surface area contributed by atoms with E-state index in [4.69, 9.17) is 5.11 Å². The lowest BCUT2D eigenvalue weighted by atomic mass is 10.0. The number of carboxylic acids is 1. The molecule has 0 aliphatic rings. The molecule has 0 saturated heterocycles. The third-order valence-corrected chi connectivity index (χ3v) is 3.75. The molecule has 0 radical (unpaired) electrons. The molecule has 1 atom stereocenters. The van der Waals surface area contributed by atoms with Crippen LogP contribution in [0.4, 0.5) is 4.79 Å². The molecule has 6 heteroatoms. The zero-order valence-corrected chi connectivity index (χ0v) is 12.2. The van der Waals surface area contributed by atoms with E-state index in [9.17, 15) is 9.59 Å². The first-order chi connectivity index (χ1) is 8.95. The summed E-state index contributed by atoms with van der Waals surface area (Å²) in [6, 6.07) is 3.49. The summed E-state index contributed by atoms with van der Waals surface area (Å²) in [5, 5.41) is 13.6. The van der Waals surface area contributed by atoms with Crippen molar-refractivity contribution in [3.05, 3.63) is 22.4 Å². The molecular formula is C13H20N2O3S. The molecule has 0 fully saturated rings. The summed E-state index contributed by atoms with van der Waals surface area (Å²) in [5.74, 6) is -0.764. The standard InChI is InChI=1S/C13H20N2O3S/c1-4-15(8-11(16)17)13(18)14-12(9(2)3)10-6-5-7-19-10/h5-7,9,12H,4,8H2,1-3H3,(H,14,18)(H,16,17). The number of rotatable bonds is 6. The van der Waals surface area contributed by atoms with Gasteiger partial charge < -0.3 is 15.3 Å². The van der Waals surface area contributed by atoms with E-state index in [1.807, 2.05) is 31.4 Å². The van der Waals surface area contributed by atoms with E-state index in [0.717, 1.165) is 4.88 Å². The number of carbonyl (C=O) groups excluding carboxylic acids is 1. The fraction of sp³-hybridized carbons (Fsp3) is 0.538. The summed E-state index contributed by atoms with van der Waals surface area (Å²) in [4.78, 5) is 25.1. The number of hydrogen-bond donors (Lipinski definition) is 2. The number of carboxylic acid groups (broad SMARTS) is 1. The van der Waals surface area contributed by atoms with Crippen LogP contribution in [-0.2, 0) is 4.79 Å². The average Bonchev–Trinajstić information content (AvgIpc) is 2.85. The minimum atomic E-state index is -1.01. The molecule has 106 valence electrons. The Labute approximate surface area is 117 Å². The molecule has 1 aromatic heterocycles. The van der Waals surface area contributed by atoms with Crippen molar-refractivity contribution in [3.63, 3.8) is 0 Å². The Morgan fingerprint density at radius 1 is 1.47 bits per heavy atom. The van der Waals surface area contributed by atoms with Gasteiger partial charge in [0.2, 0.25) is 0 Å². The molecule has 0 bridgehead atoms. The second-order valence-corrected chi connectivity index (χ2v) is 5.57. The van der Waals surface area contributed by atoms with Crippen molar-refractivity contribution >= 4 is 23.3 Å². The molecular weight excluding hydrogens is 264 g/mol. The minimum Gasteiger partial charge on any atom is -0.480 e. The highest BCUT2D eigenvalue weighted by atomic mass is 32.1. The summed E-state index contributed by atoms with van der Waals surface area (Å²) in [5.41, 5.74) is 0. The number of amides is 2. The Morgan fingerprint density at radius 2 is 2.16 bits per heavy atom. The van der Waals surface area contributed by atoms with E-state index in [-0.39, 0.29) is 24.5 Å². The topological polar surface area (TPSA) is 69.6 Å². The van der Waals surface area contributed by atoms with Gasteiger partial charge in [-0.05, 0) is 24.3 Å². The Kier molecular flexibility index (Phi) is 5.82. The number of thiophene rings is 1. The molecule has 19 heavy (non-hydrogen) atoms. The predicted octanol–water partition coefficient (Wildman–Crippen LogP) is 2.56. The summed E-state index contributed by atoms with van der Waals surface area (Å²) >= 11 is 1.58. The van der Waals surface area contributed by atoms with Gasteiger partial charge in [-0.3, -0.25) is 4.79 Å². The summed E-state index contributed by atoms with van der Waals surface area (Å²) in [6.07, 6.45) is 0. The van der Waals surface area contributed by atoms with Gasteiger partial charge in [-0.25, -0.2) is 4.79 Å². The summed E-state index contributed by atoms with van der Waals surface area (Å²) in [6.45, 7) is 5.90. The van der Waals surface area contributed by atoms with Crippen molar-refractivity contribution in [2.24, 2.45) is 5.92 Å². The quantitative estimate of drug-likeness (QED) is 0.843.